The molecule has 1 aliphatic rings. The van der Waals surface area contributed by atoms with Crippen molar-refractivity contribution in [3.63, 3.8) is 0 Å². The van der Waals surface area contributed by atoms with E-state index in [0.717, 1.165) is 13.1 Å². The quantitative estimate of drug-likeness (QED) is 0.485. The van der Waals surface area contributed by atoms with Crippen LogP contribution >= 0.6 is 8.53 Å². The van der Waals surface area contributed by atoms with Crippen LogP contribution in [0.2, 0.25) is 0 Å². The van der Waals surface area contributed by atoms with Gasteiger partial charge in [0.05, 0.1) is 13.2 Å². The first-order valence-electron chi connectivity index (χ1n) is 3.91. The second-order valence-electron chi connectivity index (χ2n) is 2.35. The van der Waals surface area contributed by atoms with Gasteiger partial charge in [0.2, 0.25) is 0 Å². The van der Waals surface area contributed by atoms with E-state index < -0.39 is 8.53 Å². The summed E-state index contributed by atoms with van der Waals surface area (Å²) in [5, 5.41) is 0. The maximum absolute atomic E-state index is 5.39. The molecule has 3 nitrogen and oxygen atoms in total. The molecule has 0 aromatic rings. The van der Waals surface area contributed by atoms with Crippen LogP contribution in [0.15, 0.2) is 25.3 Å². The van der Waals surface area contributed by atoms with Crippen molar-refractivity contribution in [2.45, 2.75) is 0 Å². The lowest BCUT2D eigenvalue weighted by molar-refractivity contribution is 0.358. The fraction of sp³-hybridized carbons (Fsp3) is 0.500. The molecule has 1 rings (SSSR count). The molecule has 12 heavy (non-hydrogen) atoms. The molecule has 0 aromatic carbocycles. The van der Waals surface area contributed by atoms with Crippen LogP contribution in [0.5, 0.6) is 0 Å². The van der Waals surface area contributed by atoms with Crippen LogP contribution in [-0.4, -0.2) is 31.0 Å². The minimum absolute atomic E-state index is 0.705. The van der Waals surface area contributed by atoms with Gasteiger partial charge < -0.3 is 9.05 Å². The molecule has 0 aliphatic carbocycles. The first kappa shape index (κ1) is 9.87. The standard InChI is InChI=1S/C8H14NO2P/c1-3-5-9(6-4-2)12-10-7-8-11-12/h3-4H,1-2,5-8H2. The molecule has 0 bridgehead atoms. The summed E-state index contributed by atoms with van der Waals surface area (Å²) in [7, 11) is -0.829. The lowest BCUT2D eigenvalue weighted by Crippen LogP contribution is -2.17. The molecule has 0 N–H and O–H groups in total. The van der Waals surface area contributed by atoms with Crippen LogP contribution < -0.4 is 0 Å². The predicted octanol–water partition coefficient (Wildman–Crippen LogP) is 1.93. The largest absolute Gasteiger partial charge is 0.319 e. The minimum atomic E-state index is -0.829. The van der Waals surface area contributed by atoms with E-state index in [9.17, 15) is 0 Å². The van der Waals surface area contributed by atoms with Crippen LogP contribution in [0.1, 0.15) is 0 Å². The molecule has 0 amide bonds. The van der Waals surface area contributed by atoms with Gasteiger partial charge in [0.1, 0.15) is 0 Å². The topological polar surface area (TPSA) is 21.7 Å². The Morgan fingerprint density at radius 1 is 1.17 bits per heavy atom. The molecule has 1 aliphatic heterocycles. The fourth-order valence-electron chi connectivity index (χ4n) is 0.937. The van der Waals surface area contributed by atoms with Crippen molar-refractivity contribution >= 4 is 8.53 Å². The molecule has 0 spiro atoms. The summed E-state index contributed by atoms with van der Waals surface area (Å²) >= 11 is 0. The summed E-state index contributed by atoms with van der Waals surface area (Å²) in [6.07, 6.45) is 3.69. The van der Waals surface area contributed by atoms with Crippen molar-refractivity contribution in [1.82, 2.24) is 4.67 Å². The molecular weight excluding hydrogens is 173 g/mol. The highest BCUT2D eigenvalue weighted by Crippen LogP contribution is 2.45. The highest BCUT2D eigenvalue weighted by molar-refractivity contribution is 7.44. The summed E-state index contributed by atoms with van der Waals surface area (Å²) in [6.45, 7) is 10.3. The second kappa shape index (κ2) is 5.44. The molecule has 0 radical (unpaired) electrons. The van der Waals surface area contributed by atoms with Crippen LogP contribution in [0.3, 0.4) is 0 Å². The molecule has 0 atom stereocenters. The van der Waals surface area contributed by atoms with Gasteiger partial charge in [-0.3, -0.25) is 0 Å². The third kappa shape index (κ3) is 2.68. The van der Waals surface area contributed by atoms with E-state index in [-0.39, 0.29) is 0 Å². The monoisotopic (exact) mass is 187 g/mol. The zero-order valence-electron chi connectivity index (χ0n) is 7.11. The average molecular weight is 187 g/mol. The summed E-state index contributed by atoms with van der Waals surface area (Å²) < 4.78 is 12.9. The third-order valence-corrected chi connectivity index (χ3v) is 2.99. The predicted molar refractivity (Wildman–Crippen MR) is 50.8 cm³/mol. The Labute approximate surface area is 74.6 Å². The maximum Gasteiger partial charge on any atom is 0.259 e. The molecular formula is C8H14NO2P. The molecule has 68 valence electrons. The smallest absolute Gasteiger partial charge is 0.259 e. The lowest BCUT2D eigenvalue weighted by Gasteiger charge is -2.21. The number of hydrogen-bond donors (Lipinski definition) is 0. The Kier molecular flexibility index (Phi) is 4.48. The molecule has 1 saturated heterocycles. The molecule has 1 fully saturated rings. The Morgan fingerprint density at radius 2 is 1.67 bits per heavy atom. The number of rotatable bonds is 5. The van der Waals surface area contributed by atoms with Crippen molar-refractivity contribution in [3.05, 3.63) is 25.3 Å². The Bertz CT molecular complexity index is 147. The van der Waals surface area contributed by atoms with Gasteiger partial charge in [0.15, 0.2) is 0 Å². The maximum atomic E-state index is 5.39. The van der Waals surface area contributed by atoms with Gasteiger partial charge in [0, 0.05) is 13.1 Å². The van der Waals surface area contributed by atoms with Gasteiger partial charge in [-0.05, 0) is 0 Å². The highest BCUT2D eigenvalue weighted by atomic mass is 31.2. The van der Waals surface area contributed by atoms with E-state index in [1.165, 1.54) is 0 Å². The zero-order valence-corrected chi connectivity index (χ0v) is 8.00. The van der Waals surface area contributed by atoms with Crippen molar-refractivity contribution in [2.75, 3.05) is 26.3 Å². The van der Waals surface area contributed by atoms with Gasteiger partial charge >= 0.3 is 0 Å². The normalized spacial score (nSPS) is 18.4. The van der Waals surface area contributed by atoms with Crippen LogP contribution in [0.4, 0.5) is 0 Å². The van der Waals surface area contributed by atoms with Gasteiger partial charge in [-0.2, -0.15) is 0 Å². The first-order chi connectivity index (χ1) is 5.88. The van der Waals surface area contributed by atoms with E-state index >= 15 is 0 Å². The Hall–Kier alpha value is -0.210. The summed E-state index contributed by atoms with van der Waals surface area (Å²) in [5.41, 5.74) is 0. The number of hydrogen-bond acceptors (Lipinski definition) is 3. The summed E-state index contributed by atoms with van der Waals surface area (Å²) in [6, 6.07) is 0. The van der Waals surface area contributed by atoms with E-state index in [2.05, 4.69) is 17.8 Å². The highest BCUT2D eigenvalue weighted by Gasteiger charge is 2.23. The molecule has 1 heterocycles. The minimum Gasteiger partial charge on any atom is -0.319 e. The first-order valence-corrected chi connectivity index (χ1v) is 5.04. The van der Waals surface area contributed by atoms with E-state index in [4.69, 9.17) is 9.05 Å². The van der Waals surface area contributed by atoms with E-state index in [1.54, 1.807) is 0 Å². The average Bonchev–Trinajstić information content (AvgIpc) is 2.56. The van der Waals surface area contributed by atoms with Crippen molar-refractivity contribution in [1.29, 1.82) is 0 Å². The van der Waals surface area contributed by atoms with Crippen molar-refractivity contribution in [2.24, 2.45) is 0 Å². The molecule has 0 unspecified atom stereocenters. The molecule has 4 heteroatoms. The van der Waals surface area contributed by atoms with Gasteiger partial charge in [-0.1, -0.05) is 12.2 Å². The van der Waals surface area contributed by atoms with Crippen molar-refractivity contribution < 1.29 is 9.05 Å². The van der Waals surface area contributed by atoms with Crippen LogP contribution in [-0.2, 0) is 9.05 Å². The molecule has 0 saturated carbocycles. The SMILES string of the molecule is C=CCN(CC=C)P1OCCO1. The molecule has 0 aromatic heterocycles. The van der Waals surface area contributed by atoms with Gasteiger partial charge in [-0.15, -0.1) is 13.2 Å². The van der Waals surface area contributed by atoms with E-state index in [0.29, 0.717) is 13.2 Å². The second-order valence-corrected chi connectivity index (χ2v) is 3.91. The Balaban J connectivity index is 2.38. The summed E-state index contributed by atoms with van der Waals surface area (Å²) in [5.74, 6) is 0. The van der Waals surface area contributed by atoms with Gasteiger partial charge in [-0.25, -0.2) is 4.67 Å². The van der Waals surface area contributed by atoms with Crippen molar-refractivity contribution in [3.8, 4) is 0 Å². The fourth-order valence-corrected chi connectivity index (χ4v) is 2.30. The zero-order chi connectivity index (χ0) is 8.81. The third-order valence-electron chi connectivity index (χ3n) is 1.40. The summed E-state index contributed by atoms with van der Waals surface area (Å²) in [4.78, 5) is 0. The number of nitrogens with zero attached hydrogens (tertiary/aromatic N) is 1. The lowest BCUT2D eigenvalue weighted by atomic mass is 10.5. The van der Waals surface area contributed by atoms with Gasteiger partial charge in [0.25, 0.3) is 8.53 Å². The Morgan fingerprint density at radius 3 is 2.08 bits per heavy atom. The van der Waals surface area contributed by atoms with Crippen LogP contribution in [0.25, 0.3) is 0 Å². The van der Waals surface area contributed by atoms with Crippen LogP contribution in [0, 0.1) is 0 Å². The van der Waals surface area contributed by atoms with E-state index in [1.807, 2.05) is 12.2 Å².